The van der Waals surface area contributed by atoms with E-state index in [0.717, 1.165) is 68.2 Å². The predicted octanol–water partition coefficient (Wildman–Crippen LogP) is 7.26. The zero-order valence-electron chi connectivity index (χ0n) is 21.8. The van der Waals surface area contributed by atoms with Gasteiger partial charge in [-0.05, 0) is 72.0 Å². The number of benzene rings is 1. The van der Waals surface area contributed by atoms with E-state index in [2.05, 4.69) is 48.8 Å². The Kier molecular flexibility index (Phi) is 8.75. The van der Waals surface area contributed by atoms with Crippen molar-refractivity contribution in [3.63, 3.8) is 0 Å². The molecule has 0 bridgehead atoms. The number of nitrogens with zero attached hydrogens (tertiary/aromatic N) is 2. The number of rotatable bonds is 13. The summed E-state index contributed by atoms with van der Waals surface area (Å²) in [6.45, 7) is 9.71. The van der Waals surface area contributed by atoms with Gasteiger partial charge in [0.1, 0.15) is 21.7 Å². The van der Waals surface area contributed by atoms with Crippen LogP contribution in [-0.4, -0.2) is 30.2 Å². The standard InChI is InChI=1S/C28H37BrN2O5/c1-5-7-13-34-22-16-23(35-14-8-6-2)21(15-20(22)17(3)4)25-24(29)28(36-30-25)31(26(32)18-9-10-18)27(33)19-11-12-19/h15-19H,5-14H2,1-4H3. The molecule has 2 saturated carbocycles. The van der Waals surface area contributed by atoms with Gasteiger partial charge in [0.2, 0.25) is 11.8 Å². The van der Waals surface area contributed by atoms with Crippen LogP contribution in [0.4, 0.5) is 5.88 Å². The maximum atomic E-state index is 13.1. The zero-order chi connectivity index (χ0) is 25.8. The number of hydrogen-bond donors (Lipinski definition) is 0. The fourth-order valence-corrected chi connectivity index (χ4v) is 4.56. The molecule has 0 unspecified atom stereocenters. The molecule has 0 spiro atoms. The number of anilines is 1. The Morgan fingerprint density at radius 1 is 1.00 bits per heavy atom. The molecular formula is C28H37BrN2O5. The van der Waals surface area contributed by atoms with E-state index in [0.29, 0.717) is 29.1 Å². The Morgan fingerprint density at radius 3 is 2.06 bits per heavy atom. The number of carbonyl (C=O) groups excluding carboxylic acids is 2. The van der Waals surface area contributed by atoms with Crippen LogP contribution in [0.5, 0.6) is 11.5 Å². The minimum absolute atomic E-state index is 0.117. The molecule has 8 heteroatoms. The summed E-state index contributed by atoms with van der Waals surface area (Å²) in [6.07, 6.45) is 7.18. The second-order valence-electron chi connectivity index (χ2n) is 10.2. The van der Waals surface area contributed by atoms with Crippen molar-refractivity contribution in [1.29, 1.82) is 0 Å². The average Bonchev–Trinajstić information content (AvgIpc) is 3.77. The van der Waals surface area contributed by atoms with Crippen molar-refractivity contribution in [2.75, 3.05) is 18.1 Å². The van der Waals surface area contributed by atoms with Crippen LogP contribution in [0.3, 0.4) is 0 Å². The van der Waals surface area contributed by atoms with E-state index in [1.165, 1.54) is 4.90 Å². The fourth-order valence-electron chi connectivity index (χ4n) is 4.02. The van der Waals surface area contributed by atoms with Gasteiger partial charge >= 0.3 is 0 Å². The van der Waals surface area contributed by atoms with Crippen LogP contribution in [0.25, 0.3) is 11.3 Å². The van der Waals surface area contributed by atoms with Crippen LogP contribution in [0.1, 0.15) is 90.5 Å². The van der Waals surface area contributed by atoms with Gasteiger partial charge in [0, 0.05) is 23.5 Å². The first-order valence-corrected chi connectivity index (χ1v) is 14.1. The minimum atomic E-state index is -0.197. The average molecular weight is 562 g/mol. The van der Waals surface area contributed by atoms with Crippen molar-refractivity contribution in [2.45, 2.75) is 85.0 Å². The summed E-state index contributed by atoms with van der Waals surface area (Å²) < 4.78 is 18.5. The van der Waals surface area contributed by atoms with E-state index in [-0.39, 0.29) is 35.5 Å². The molecule has 2 aliphatic rings. The minimum Gasteiger partial charge on any atom is -0.493 e. The summed E-state index contributed by atoms with van der Waals surface area (Å²) in [4.78, 5) is 27.4. The smallest absolute Gasteiger partial charge is 0.255 e. The van der Waals surface area contributed by atoms with Crippen LogP contribution in [-0.2, 0) is 9.59 Å². The molecule has 2 aliphatic carbocycles. The number of halogens is 1. The van der Waals surface area contributed by atoms with Gasteiger partial charge in [-0.2, -0.15) is 0 Å². The molecule has 0 radical (unpaired) electrons. The maximum Gasteiger partial charge on any atom is 0.255 e. The highest BCUT2D eigenvalue weighted by atomic mass is 79.9. The number of unbranched alkanes of at least 4 members (excludes halogenated alkanes) is 2. The van der Waals surface area contributed by atoms with Crippen molar-refractivity contribution in [3.8, 4) is 22.8 Å². The van der Waals surface area contributed by atoms with Crippen molar-refractivity contribution in [1.82, 2.24) is 5.16 Å². The summed E-state index contributed by atoms with van der Waals surface area (Å²) in [5, 5.41) is 4.34. The van der Waals surface area contributed by atoms with Crippen molar-refractivity contribution in [3.05, 3.63) is 22.2 Å². The maximum absolute atomic E-state index is 13.1. The van der Waals surface area contributed by atoms with Gasteiger partial charge in [-0.3, -0.25) is 9.59 Å². The first-order chi connectivity index (χ1) is 17.4. The zero-order valence-corrected chi connectivity index (χ0v) is 23.4. The molecule has 196 valence electrons. The molecule has 0 N–H and O–H groups in total. The van der Waals surface area contributed by atoms with Gasteiger partial charge in [0.05, 0.1) is 13.2 Å². The topological polar surface area (TPSA) is 81.9 Å². The lowest BCUT2D eigenvalue weighted by Gasteiger charge is -2.19. The first kappa shape index (κ1) is 26.7. The van der Waals surface area contributed by atoms with Gasteiger partial charge in [-0.1, -0.05) is 45.7 Å². The lowest BCUT2D eigenvalue weighted by molar-refractivity contribution is -0.128. The first-order valence-electron chi connectivity index (χ1n) is 13.3. The third kappa shape index (κ3) is 5.96. The molecule has 2 fully saturated rings. The summed E-state index contributed by atoms with van der Waals surface area (Å²) in [5.41, 5.74) is 2.30. The highest BCUT2D eigenvalue weighted by molar-refractivity contribution is 9.10. The second kappa shape index (κ2) is 11.8. The Morgan fingerprint density at radius 2 is 1.56 bits per heavy atom. The van der Waals surface area contributed by atoms with Gasteiger partial charge in [-0.25, -0.2) is 4.90 Å². The number of aromatic nitrogens is 1. The van der Waals surface area contributed by atoms with E-state index < -0.39 is 0 Å². The Bertz CT molecular complexity index is 1060. The van der Waals surface area contributed by atoms with Crippen LogP contribution in [0, 0.1) is 11.8 Å². The fraction of sp³-hybridized carbons (Fsp3) is 0.607. The van der Waals surface area contributed by atoms with Crippen molar-refractivity contribution in [2.24, 2.45) is 11.8 Å². The van der Waals surface area contributed by atoms with Gasteiger partial charge in [0.15, 0.2) is 0 Å². The summed E-state index contributed by atoms with van der Waals surface area (Å²) in [6, 6.07) is 3.98. The molecule has 1 aromatic heterocycles. The van der Waals surface area contributed by atoms with Crippen molar-refractivity contribution >= 4 is 33.6 Å². The van der Waals surface area contributed by atoms with E-state index in [1.807, 2.05) is 12.1 Å². The van der Waals surface area contributed by atoms with E-state index in [1.54, 1.807) is 0 Å². The summed E-state index contributed by atoms with van der Waals surface area (Å²) in [7, 11) is 0. The number of hydrogen-bond acceptors (Lipinski definition) is 6. The highest BCUT2D eigenvalue weighted by Gasteiger charge is 2.44. The molecular weight excluding hydrogens is 524 g/mol. The van der Waals surface area contributed by atoms with Gasteiger partial charge < -0.3 is 14.0 Å². The Hall–Kier alpha value is -2.35. The lowest BCUT2D eigenvalue weighted by atomic mass is 9.97. The third-order valence-electron chi connectivity index (χ3n) is 6.62. The van der Waals surface area contributed by atoms with Crippen LogP contribution < -0.4 is 14.4 Å². The predicted molar refractivity (Wildman–Crippen MR) is 142 cm³/mol. The molecule has 36 heavy (non-hydrogen) atoms. The number of imide groups is 1. The van der Waals surface area contributed by atoms with E-state index >= 15 is 0 Å². The molecule has 0 atom stereocenters. The van der Waals surface area contributed by atoms with E-state index in [9.17, 15) is 9.59 Å². The summed E-state index contributed by atoms with van der Waals surface area (Å²) in [5.74, 6) is 1.19. The molecule has 1 heterocycles. The SMILES string of the molecule is CCCCOc1cc(OCCCC)c(C(C)C)cc1-c1noc(N(C(=O)C2CC2)C(=O)C2CC2)c1Br. The quantitative estimate of drug-likeness (QED) is 0.189. The van der Waals surface area contributed by atoms with Crippen LogP contribution >= 0.6 is 15.9 Å². The van der Waals surface area contributed by atoms with E-state index in [4.69, 9.17) is 14.0 Å². The van der Waals surface area contributed by atoms with Gasteiger partial charge in [-0.15, -0.1) is 0 Å². The molecule has 7 nitrogen and oxygen atoms in total. The highest BCUT2D eigenvalue weighted by Crippen LogP contribution is 2.46. The molecule has 2 aromatic rings. The largest absolute Gasteiger partial charge is 0.493 e. The van der Waals surface area contributed by atoms with Crippen LogP contribution in [0.2, 0.25) is 0 Å². The molecule has 4 rings (SSSR count). The van der Waals surface area contributed by atoms with Crippen LogP contribution in [0.15, 0.2) is 21.1 Å². The normalized spacial score (nSPS) is 15.3. The molecule has 0 aliphatic heterocycles. The third-order valence-corrected chi connectivity index (χ3v) is 7.33. The Labute approximate surface area is 222 Å². The number of amides is 2. The molecule has 0 saturated heterocycles. The molecule has 2 amide bonds. The lowest BCUT2D eigenvalue weighted by Crippen LogP contribution is -2.39. The monoisotopic (exact) mass is 560 g/mol. The van der Waals surface area contributed by atoms with Crippen molar-refractivity contribution < 1.29 is 23.6 Å². The summed E-state index contributed by atoms with van der Waals surface area (Å²) >= 11 is 3.62. The Balaban J connectivity index is 1.75. The molecule has 1 aromatic carbocycles. The number of ether oxygens (including phenoxy) is 2. The number of carbonyl (C=O) groups is 2. The van der Waals surface area contributed by atoms with Gasteiger partial charge in [0.25, 0.3) is 5.88 Å². The second-order valence-corrected chi connectivity index (χ2v) is 10.9.